The minimum atomic E-state index is -5.23. The van der Waals surface area contributed by atoms with Crippen molar-refractivity contribution in [1.29, 1.82) is 0 Å². The number of aryl methyl sites for hydroxylation is 2. The third kappa shape index (κ3) is 11.4. The number of amides is 7. The first-order chi connectivity index (χ1) is 30.1. The van der Waals surface area contributed by atoms with E-state index >= 15 is 0 Å². The fraction of sp³-hybridized carbons (Fsp3) is 0.537. The van der Waals surface area contributed by atoms with Gasteiger partial charge in [-0.3, -0.25) is 28.5 Å². The molecule has 2 aromatic rings. The second-order valence-corrected chi connectivity index (χ2v) is 17.9. The molecule has 6 rings (SSSR count). The van der Waals surface area contributed by atoms with Gasteiger partial charge in [0.15, 0.2) is 0 Å². The van der Waals surface area contributed by atoms with Gasteiger partial charge in [-0.25, -0.2) is 22.9 Å². The Balaban J connectivity index is 1.39. The Labute approximate surface area is 366 Å². The zero-order valence-corrected chi connectivity index (χ0v) is 36.6. The van der Waals surface area contributed by atoms with Crippen molar-refractivity contribution in [3.63, 3.8) is 0 Å². The van der Waals surface area contributed by atoms with E-state index in [-0.39, 0.29) is 44.2 Å². The van der Waals surface area contributed by atoms with Crippen LogP contribution >= 0.6 is 7.82 Å². The number of anilines is 1. The number of hydrogen-bond donors (Lipinski definition) is 6. The Kier molecular flexibility index (Phi) is 14.7. The SMILES string of the molecule is Cc1ccc(NC(=O)N[C@@H](Cc2cc(F)cc(F)c2)C(=O)N[C@@H]2C(=O)N3C[C@H](OP(=O)(O)O)C[C@H]3C(=O)N3CCOC[C@H]3C(=O)N[C@@H](C)C(=O)N3C[C@H](C)C[C@H]3C(=O)O[C@H]2C)cc1C. The summed E-state index contributed by atoms with van der Waals surface area (Å²) in [7, 11) is -5.23. The molecule has 348 valence electrons. The molecule has 4 heterocycles. The number of urea groups is 1. The third-order valence-corrected chi connectivity index (χ3v) is 12.3. The average Bonchev–Trinajstić information content (AvgIpc) is 3.82. The average molecular weight is 920 g/mol. The van der Waals surface area contributed by atoms with Crippen molar-refractivity contribution in [2.24, 2.45) is 5.92 Å². The van der Waals surface area contributed by atoms with E-state index in [1.165, 1.54) is 18.7 Å². The molecule has 4 saturated heterocycles. The standard InChI is InChI=1S/C41H52F2N7O13P/c1-20-10-32-40(56)62-24(5)34(47-35(51)30(14-25-12-26(42)15-27(43)13-25)46-41(57)45-28-7-6-21(2)22(3)11-28)39(55)50-18-29(63-64(58,59)60)16-31(50)38(54)48-8-9-61-19-33(48)36(52)44-23(4)37(53)49(32)17-20/h6-7,11-13,15,20,23-24,29-34H,8-10,14,16-19H2,1-5H3,(H,44,52)(H,47,51)(H2,45,46,57)(H2,58,59,60)/t20-,23+,24+,29-,30+,31+,32+,33+,34+/m1/s1. The molecule has 23 heteroatoms. The lowest BCUT2D eigenvalue weighted by Crippen LogP contribution is -2.64. The first-order valence-electron chi connectivity index (χ1n) is 20.7. The van der Waals surface area contributed by atoms with Gasteiger partial charge in [0.2, 0.25) is 29.5 Å². The molecule has 0 aromatic heterocycles. The van der Waals surface area contributed by atoms with Crippen LogP contribution in [0, 0.1) is 31.4 Å². The van der Waals surface area contributed by atoms with Gasteiger partial charge in [0.25, 0.3) is 0 Å². The fourth-order valence-corrected chi connectivity index (χ4v) is 8.96. The number of phosphoric acid groups is 1. The van der Waals surface area contributed by atoms with Crippen LogP contribution in [0.5, 0.6) is 0 Å². The number of fused-ring (bicyclic) bond motifs is 3. The molecule has 9 atom stereocenters. The van der Waals surface area contributed by atoms with Crippen molar-refractivity contribution in [3.8, 4) is 0 Å². The van der Waals surface area contributed by atoms with Gasteiger partial charge in [-0.1, -0.05) is 13.0 Å². The summed E-state index contributed by atoms with van der Waals surface area (Å²) in [4.78, 5) is 122. The minimum Gasteiger partial charge on any atom is -0.458 e. The number of ether oxygens (including phenoxy) is 2. The maximum atomic E-state index is 15.0. The van der Waals surface area contributed by atoms with E-state index in [1.807, 2.05) is 13.8 Å². The van der Waals surface area contributed by atoms with Crippen molar-refractivity contribution in [2.45, 2.75) is 102 Å². The molecule has 0 saturated carbocycles. The van der Waals surface area contributed by atoms with Crippen LogP contribution in [0.15, 0.2) is 36.4 Å². The van der Waals surface area contributed by atoms with E-state index in [1.54, 1.807) is 25.1 Å². The first kappa shape index (κ1) is 47.9. The van der Waals surface area contributed by atoms with Gasteiger partial charge < -0.3 is 55.2 Å². The summed E-state index contributed by atoms with van der Waals surface area (Å²) in [5.41, 5.74) is 2.02. The summed E-state index contributed by atoms with van der Waals surface area (Å²) in [6, 6.07) is -2.33. The van der Waals surface area contributed by atoms with Crippen molar-refractivity contribution < 1.29 is 70.7 Å². The van der Waals surface area contributed by atoms with E-state index in [9.17, 15) is 56.7 Å². The second kappa shape index (κ2) is 19.7. The number of hydrogen-bond acceptors (Lipinski definition) is 11. The lowest BCUT2D eigenvalue weighted by molar-refractivity contribution is -0.164. The maximum Gasteiger partial charge on any atom is 0.469 e. The fourth-order valence-electron chi connectivity index (χ4n) is 8.42. The summed E-state index contributed by atoms with van der Waals surface area (Å²) in [5, 5.41) is 10.2. The molecule has 64 heavy (non-hydrogen) atoms. The Morgan fingerprint density at radius 2 is 1.58 bits per heavy atom. The predicted octanol–water partition coefficient (Wildman–Crippen LogP) is 0.792. The number of phosphoric ester groups is 1. The van der Waals surface area contributed by atoms with Crippen molar-refractivity contribution in [1.82, 2.24) is 30.7 Å². The Bertz CT molecular complexity index is 2210. The van der Waals surface area contributed by atoms with Crippen LogP contribution in [0.1, 0.15) is 50.3 Å². The number of benzene rings is 2. The molecule has 0 spiro atoms. The van der Waals surface area contributed by atoms with Crippen molar-refractivity contribution in [2.75, 3.05) is 38.2 Å². The zero-order valence-electron chi connectivity index (χ0n) is 35.7. The number of carbonyl (C=O) groups excluding carboxylic acids is 7. The molecule has 0 radical (unpaired) electrons. The molecule has 0 unspecified atom stereocenters. The Hall–Kier alpha value is -5.54. The molecule has 20 nitrogen and oxygen atoms in total. The van der Waals surface area contributed by atoms with E-state index in [2.05, 4.69) is 21.3 Å². The van der Waals surface area contributed by atoms with Crippen molar-refractivity contribution >= 4 is 55.0 Å². The van der Waals surface area contributed by atoms with Crippen LogP contribution in [0.3, 0.4) is 0 Å². The quantitative estimate of drug-likeness (QED) is 0.158. The van der Waals surface area contributed by atoms with Gasteiger partial charge in [-0.15, -0.1) is 0 Å². The molecular formula is C41H52F2N7O13P. The van der Waals surface area contributed by atoms with E-state index in [0.717, 1.165) is 33.1 Å². The zero-order chi connectivity index (χ0) is 46.8. The molecule has 7 amide bonds. The second-order valence-electron chi connectivity index (χ2n) is 16.7. The smallest absolute Gasteiger partial charge is 0.458 e. The number of rotatable bonds is 8. The van der Waals surface area contributed by atoms with Gasteiger partial charge in [-0.2, -0.15) is 0 Å². The summed E-state index contributed by atoms with van der Waals surface area (Å²) < 4.78 is 57.2. The van der Waals surface area contributed by atoms with Crippen molar-refractivity contribution in [3.05, 3.63) is 64.7 Å². The minimum absolute atomic E-state index is 0.0349. The van der Waals surface area contributed by atoms with Crippen LogP contribution in [0.25, 0.3) is 0 Å². The summed E-state index contributed by atoms with van der Waals surface area (Å²) >= 11 is 0. The number of esters is 1. The molecule has 0 aliphatic carbocycles. The largest absolute Gasteiger partial charge is 0.469 e. The molecule has 2 aromatic carbocycles. The van der Waals surface area contributed by atoms with Crippen LogP contribution in [-0.4, -0.2) is 147 Å². The maximum absolute atomic E-state index is 15.0. The van der Waals surface area contributed by atoms with Gasteiger partial charge in [0.1, 0.15) is 54.0 Å². The highest BCUT2D eigenvalue weighted by Gasteiger charge is 2.50. The van der Waals surface area contributed by atoms with E-state index < -0.39 is 129 Å². The molecule has 0 bridgehead atoms. The molecule has 4 aliphatic rings. The molecule has 4 fully saturated rings. The number of morpholine rings is 1. The van der Waals surface area contributed by atoms with Gasteiger partial charge >= 0.3 is 19.8 Å². The van der Waals surface area contributed by atoms with E-state index in [0.29, 0.717) is 11.8 Å². The highest BCUT2D eigenvalue weighted by atomic mass is 31.2. The third-order valence-electron chi connectivity index (χ3n) is 11.7. The van der Waals surface area contributed by atoms with Gasteiger partial charge in [0.05, 0.1) is 19.3 Å². The van der Waals surface area contributed by atoms with Crippen LogP contribution in [0.2, 0.25) is 0 Å². The lowest BCUT2D eigenvalue weighted by atomic mass is 10.0. The van der Waals surface area contributed by atoms with Gasteiger partial charge in [-0.05, 0) is 81.0 Å². The first-order valence-corrected chi connectivity index (χ1v) is 22.3. The van der Waals surface area contributed by atoms with Crippen LogP contribution in [-0.2, 0) is 53.8 Å². The van der Waals surface area contributed by atoms with Gasteiger partial charge in [0, 0.05) is 44.2 Å². The predicted molar refractivity (Wildman–Crippen MR) is 220 cm³/mol. The number of cyclic esters (lactones) is 1. The number of carbonyl (C=O) groups is 7. The molecule has 6 N–H and O–H groups in total. The molecular weight excluding hydrogens is 867 g/mol. The lowest BCUT2D eigenvalue weighted by Gasteiger charge is -2.39. The highest BCUT2D eigenvalue weighted by Crippen LogP contribution is 2.41. The summed E-state index contributed by atoms with van der Waals surface area (Å²) in [5.74, 6) is -7.69. The Morgan fingerprint density at radius 3 is 2.25 bits per heavy atom. The monoisotopic (exact) mass is 919 g/mol. The summed E-state index contributed by atoms with van der Waals surface area (Å²) in [6.45, 7) is 7.07. The molecule has 4 aliphatic heterocycles. The van der Waals surface area contributed by atoms with Crippen LogP contribution < -0.4 is 21.3 Å². The van der Waals surface area contributed by atoms with E-state index in [4.69, 9.17) is 14.0 Å². The number of nitrogens with one attached hydrogen (secondary N) is 4. The normalized spacial score (nSPS) is 27.5. The van der Waals surface area contributed by atoms with Crippen LogP contribution in [0.4, 0.5) is 19.3 Å². The number of nitrogens with zero attached hydrogens (tertiary/aromatic N) is 3. The topological polar surface area (TPSA) is 263 Å². The highest BCUT2D eigenvalue weighted by molar-refractivity contribution is 7.46. The summed E-state index contributed by atoms with van der Waals surface area (Å²) in [6.07, 6.45) is -3.96. The Morgan fingerprint density at radius 1 is 0.891 bits per heavy atom. The number of halogens is 2.